The Morgan fingerprint density at radius 1 is 1.53 bits per heavy atom. The van der Waals surface area contributed by atoms with Crippen LogP contribution in [0.15, 0.2) is 0 Å². The molecule has 1 amide bonds. The zero-order chi connectivity index (χ0) is 11.3. The van der Waals surface area contributed by atoms with Crippen LogP contribution in [0.4, 0.5) is 0 Å². The average Bonchev–Trinajstić information content (AvgIpc) is 2.22. The molecule has 4 heteroatoms. The van der Waals surface area contributed by atoms with Gasteiger partial charge in [0, 0.05) is 45.3 Å². The molecule has 1 heterocycles. The van der Waals surface area contributed by atoms with Gasteiger partial charge in [-0.15, -0.1) is 0 Å². The minimum atomic E-state index is 0.257. The Balaban J connectivity index is 2.37. The van der Waals surface area contributed by atoms with Gasteiger partial charge in [0.15, 0.2) is 0 Å². The molecule has 0 aromatic heterocycles. The highest BCUT2D eigenvalue weighted by Gasteiger charge is 2.27. The molecular formula is C11H22N2O2. The predicted molar refractivity (Wildman–Crippen MR) is 59.7 cm³/mol. The second kappa shape index (κ2) is 6.08. The van der Waals surface area contributed by atoms with Crippen molar-refractivity contribution in [3.63, 3.8) is 0 Å². The normalized spacial score (nSPS) is 26.7. The van der Waals surface area contributed by atoms with E-state index in [1.807, 2.05) is 4.90 Å². The van der Waals surface area contributed by atoms with E-state index < -0.39 is 0 Å². The van der Waals surface area contributed by atoms with Crippen molar-refractivity contribution in [3.05, 3.63) is 0 Å². The number of methoxy groups -OCH3 is 1. The molecule has 15 heavy (non-hydrogen) atoms. The summed E-state index contributed by atoms with van der Waals surface area (Å²) in [6, 6.07) is 0.693. The fourth-order valence-electron chi connectivity index (χ4n) is 1.92. The van der Waals surface area contributed by atoms with Crippen LogP contribution in [0.25, 0.3) is 0 Å². The number of amides is 1. The van der Waals surface area contributed by atoms with Gasteiger partial charge in [0.2, 0.25) is 5.91 Å². The molecule has 0 bridgehead atoms. The third-order valence-electron chi connectivity index (χ3n) is 3.09. The van der Waals surface area contributed by atoms with Crippen molar-refractivity contribution >= 4 is 5.91 Å². The standard InChI is InChI=1S/C11H22N2O2/c1-9-10(2)13(7-6-12-9)11(14)5-4-8-15-3/h9-10,12H,4-8H2,1-3H3. The summed E-state index contributed by atoms with van der Waals surface area (Å²) in [5, 5.41) is 3.37. The van der Waals surface area contributed by atoms with Crippen molar-refractivity contribution in [2.24, 2.45) is 0 Å². The minimum Gasteiger partial charge on any atom is -0.385 e. The summed E-state index contributed by atoms with van der Waals surface area (Å²) in [5.74, 6) is 0.257. The third-order valence-corrected chi connectivity index (χ3v) is 3.09. The first-order valence-electron chi connectivity index (χ1n) is 5.68. The topological polar surface area (TPSA) is 41.6 Å². The first kappa shape index (κ1) is 12.5. The van der Waals surface area contributed by atoms with E-state index in [4.69, 9.17) is 4.74 Å². The lowest BCUT2D eigenvalue weighted by molar-refractivity contribution is -0.135. The summed E-state index contributed by atoms with van der Waals surface area (Å²) in [4.78, 5) is 13.9. The van der Waals surface area contributed by atoms with Crippen molar-refractivity contribution in [2.75, 3.05) is 26.8 Å². The van der Waals surface area contributed by atoms with Gasteiger partial charge >= 0.3 is 0 Å². The molecule has 1 aliphatic heterocycles. The van der Waals surface area contributed by atoms with Crippen molar-refractivity contribution < 1.29 is 9.53 Å². The van der Waals surface area contributed by atoms with Crippen LogP contribution in [0, 0.1) is 0 Å². The molecule has 4 nitrogen and oxygen atoms in total. The lowest BCUT2D eigenvalue weighted by Crippen LogP contribution is -2.57. The molecule has 0 spiro atoms. The zero-order valence-corrected chi connectivity index (χ0v) is 9.95. The van der Waals surface area contributed by atoms with Gasteiger partial charge < -0.3 is 15.0 Å². The maximum atomic E-state index is 11.9. The zero-order valence-electron chi connectivity index (χ0n) is 9.95. The molecule has 1 N–H and O–H groups in total. The summed E-state index contributed by atoms with van der Waals surface area (Å²) in [6.07, 6.45) is 1.42. The van der Waals surface area contributed by atoms with Gasteiger partial charge in [-0.05, 0) is 20.3 Å². The molecule has 0 saturated carbocycles. The van der Waals surface area contributed by atoms with Crippen molar-refractivity contribution in [2.45, 2.75) is 38.8 Å². The SMILES string of the molecule is COCCCC(=O)N1CCNC(C)C1C. The summed E-state index contributed by atoms with van der Waals surface area (Å²) >= 11 is 0. The number of carbonyl (C=O) groups excluding carboxylic acids is 1. The Labute approximate surface area is 92.0 Å². The fourth-order valence-corrected chi connectivity index (χ4v) is 1.92. The minimum absolute atomic E-state index is 0.257. The van der Waals surface area contributed by atoms with Crippen LogP contribution < -0.4 is 5.32 Å². The molecule has 1 fully saturated rings. The molecule has 1 rings (SSSR count). The van der Waals surface area contributed by atoms with E-state index >= 15 is 0 Å². The highest BCUT2D eigenvalue weighted by molar-refractivity contribution is 5.76. The summed E-state index contributed by atoms with van der Waals surface area (Å²) in [6.45, 7) is 6.63. The molecule has 0 radical (unpaired) electrons. The maximum absolute atomic E-state index is 11.9. The van der Waals surface area contributed by atoms with Crippen molar-refractivity contribution in [1.29, 1.82) is 0 Å². The summed E-state index contributed by atoms with van der Waals surface area (Å²) in [7, 11) is 1.67. The van der Waals surface area contributed by atoms with E-state index in [0.717, 1.165) is 19.5 Å². The quantitative estimate of drug-likeness (QED) is 0.698. The Morgan fingerprint density at radius 2 is 2.27 bits per heavy atom. The van der Waals surface area contributed by atoms with E-state index in [-0.39, 0.29) is 5.91 Å². The number of hydrogen-bond donors (Lipinski definition) is 1. The van der Waals surface area contributed by atoms with Crippen LogP contribution in [0.2, 0.25) is 0 Å². The van der Waals surface area contributed by atoms with Crippen LogP contribution >= 0.6 is 0 Å². The highest BCUT2D eigenvalue weighted by atomic mass is 16.5. The second-order valence-corrected chi connectivity index (χ2v) is 4.17. The number of nitrogens with one attached hydrogen (secondary N) is 1. The molecule has 0 aliphatic carbocycles. The largest absolute Gasteiger partial charge is 0.385 e. The molecule has 2 unspecified atom stereocenters. The summed E-state index contributed by atoms with van der Waals surface area (Å²) in [5.41, 5.74) is 0. The fraction of sp³-hybridized carbons (Fsp3) is 0.909. The van der Waals surface area contributed by atoms with Gasteiger partial charge in [-0.2, -0.15) is 0 Å². The number of nitrogens with zero attached hydrogens (tertiary/aromatic N) is 1. The lowest BCUT2D eigenvalue weighted by Gasteiger charge is -2.38. The first-order chi connectivity index (χ1) is 7.16. The Morgan fingerprint density at radius 3 is 2.93 bits per heavy atom. The number of rotatable bonds is 4. The van der Waals surface area contributed by atoms with Gasteiger partial charge in [0.25, 0.3) is 0 Å². The van der Waals surface area contributed by atoms with Gasteiger partial charge in [-0.25, -0.2) is 0 Å². The van der Waals surface area contributed by atoms with Crippen LogP contribution in [-0.2, 0) is 9.53 Å². The van der Waals surface area contributed by atoms with Crippen LogP contribution in [0.5, 0.6) is 0 Å². The molecule has 1 aliphatic rings. The molecule has 2 atom stereocenters. The molecule has 1 saturated heterocycles. The van der Waals surface area contributed by atoms with Crippen LogP contribution in [0.3, 0.4) is 0 Å². The Bertz CT molecular complexity index is 209. The summed E-state index contributed by atoms with van der Waals surface area (Å²) < 4.78 is 4.94. The van der Waals surface area contributed by atoms with E-state index in [1.54, 1.807) is 7.11 Å². The van der Waals surface area contributed by atoms with E-state index in [0.29, 0.717) is 25.1 Å². The average molecular weight is 214 g/mol. The number of hydrogen-bond acceptors (Lipinski definition) is 3. The van der Waals surface area contributed by atoms with E-state index in [9.17, 15) is 4.79 Å². The Hall–Kier alpha value is -0.610. The Kier molecular flexibility index (Phi) is 5.05. The third kappa shape index (κ3) is 3.47. The van der Waals surface area contributed by atoms with Gasteiger partial charge in [0.05, 0.1) is 0 Å². The molecule has 88 valence electrons. The van der Waals surface area contributed by atoms with Gasteiger partial charge in [-0.3, -0.25) is 4.79 Å². The number of piperazine rings is 1. The first-order valence-corrected chi connectivity index (χ1v) is 5.68. The lowest BCUT2D eigenvalue weighted by atomic mass is 10.1. The van der Waals surface area contributed by atoms with Crippen LogP contribution in [0.1, 0.15) is 26.7 Å². The monoisotopic (exact) mass is 214 g/mol. The molecule has 0 aromatic rings. The maximum Gasteiger partial charge on any atom is 0.222 e. The van der Waals surface area contributed by atoms with Crippen molar-refractivity contribution in [1.82, 2.24) is 10.2 Å². The molecular weight excluding hydrogens is 192 g/mol. The van der Waals surface area contributed by atoms with Gasteiger partial charge in [-0.1, -0.05) is 0 Å². The number of ether oxygens (including phenoxy) is 1. The highest BCUT2D eigenvalue weighted by Crippen LogP contribution is 2.11. The second-order valence-electron chi connectivity index (χ2n) is 4.17. The van der Waals surface area contributed by atoms with Gasteiger partial charge in [0.1, 0.15) is 0 Å². The van der Waals surface area contributed by atoms with Crippen LogP contribution in [-0.4, -0.2) is 49.7 Å². The van der Waals surface area contributed by atoms with E-state index in [1.165, 1.54) is 0 Å². The van der Waals surface area contributed by atoms with E-state index in [2.05, 4.69) is 19.2 Å². The van der Waals surface area contributed by atoms with Crippen molar-refractivity contribution in [3.8, 4) is 0 Å². The molecule has 0 aromatic carbocycles. The number of carbonyl (C=O) groups is 1. The smallest absolute Gasteiger partial charge is 0.222 e. The predicted octanol–water partition coefficient (Wildman–Crippen LogP) is 0.622.